The van der Waals surface area contributed by atoms with Crippen molar-refractivity contribution in [3.05, 3.63) is 39.7 Å². The maximum Gasteiger partial charge on any atom is 0.252 e. The lowest BCUT2D eigenvalue weighted by Gasteiger charge is -2.32. The molecule has 0 saturated carbocycles. The maximum atomic E-state index is 12.3. The van der Waals surface area contributed by atoms with Gasteiger partial charge in [0.05, 0.1) is 0 Å². The van der Waals surface area contributed by atoms with E-state index in [1.165, 1.54) is 5.56 Å². The number of fused-ring (bicyclic) bond motifs is 3. The average molecular weight is 393 g/mol. The van der Waals surface area contributed by atoms with Crippen LogP contribution in [0.5, 0.6) is 5.75 Å². The lowest BCUT2D eigenvalue weighted by molar-refractivity contribution is 0.101. The van der Waals surface area contributed by atoms with Gasteiger partial charge in [-0.25, -0.2) is 0 Å². The first-order chi connectivity index (χ1) is 12.7. The molecule has 3 heterocycles. The third kappa shape index (κ3) is 3.90. The number of nitrogens with one attached hydrogen (secondary N) is 1. The highest BCUT2D eigenvalue weighted by Crippen LogP contribution is 2.30. The van der Waals surface area contributed by atoms with Crippen LogP contribution in [-0.2, 0) is 12.2 Å². The Bertz CT molecular complexity index is 830. The van der Waals surface area contributed by atoms with Crippen molar-refractivity contribution in [2.24, 2.45) is 0 Å². The van der Waals surface area contributed by atoms with Crippen molar-refractivity contribution in [3.8, 4) is 5.75 Å². The molecule has 1 saturated heterocycles. The van der Waals surface area contributed by atoms with Crippen LogP contribution in [0.25, 0.3) is 10.9 Å². The molecule has 1 aromatic carbocycles. The summed E-state index contributed by atoms with van der Waals surface area (Å²) < 4.78 is 6.29. The SMILES string of the molecule is O=c1[nH]c2ccc(OC3CCN(CCCCl)CC3)cc2c2c1CSCC2. The standard InChI is InChI=1S/C20H25ClN2O2S/c21-7-1-8-23-9-4-14(5-10-23)25-15-2-3-19-17(12-15)16-6-11-26-13-18(16)20(24)22-19/h2-3,12,14H,1,4-11,13H2,(H,22,24). The fraction of sp³-hybridized carbons (Fsp3) is 0.550. The molecule has 1 aromatic heterocycles. The van der Waals surface area contributed by atoms with E-state index in [1.54, 1.807) is 0 Å². The summed E-state index contributed by atoms with van der Waals surface area (Å²) in [5.41, 5.74) is 3.14. The van der Waals surface area contributed by atoms with Gasteiger partial charge in [0, 0.05) is 41.2 Å². The van der Waals surface area contributed by atoms with Crippen LogP contribution in [0.15, 0.2) is 23.0 Å². The highest BCUT2D eigenvalue weighted by atomic mass is 35.5. The number of aromatic nitrogens is 1. The maximum absolute atomic E-state index is 12.3. The second kappa shape index (κ2) is 8.24. The smallest absolute Gasteiger partial charge is 0.252 e. The summed E-state index contributed by atoms with van der Waals surface area (Å²) in [5.74, 6) is 3.55. The molecule has 1 N–H and O–H groups in total. The molecule has 1 fully saturated rings. The van der Waals surface area contributed by atoms with Crippen molar-refractivity contribution in [2.75, 3.05) is 31.3 Å². The minimum absolute atomic E-state index is 0.0673. The van der Waals surface area contributed by atoms with Gasteiger partial charge in [0.2, 0.25) is 0 Å². The van der Waals surface area contributed by atoms with Gasteiger partial charge in [-0.05, 0) is 61.7 Å². The van der Waals surface area contributed by atoms with E-state index in [1.807, 2.05) is 23.9 Å². The number of hydrogen-bond donors (Lipinski definition) is 1. The number of ether oxygens (including phenoxy) is 1. The fourth-order valence-electron chi connectivity index (χ4n) is 3.97. The topological polar surface area (TPSA) is 45.3 Å². The molecule has 2 aliphatic heterocycles. The largest absolute Gasteiger partial charge is 0.490 e. The molecule has 2 aromatic rings. The molecular formula is C20H25ClN2O2S. The number of H-pyrrole nitrogens is 1. The van der Waals surface area contributed by atoms with Crippen molar-refractivity contribution in [1.82, 2.24) is 9.88 Å². The second-order valence-corrected chi connectivity index (χ2v) is 8.61. The molecule has 0 aliphatic carbocycles. The number of benzene rings is 1. The molecule has 0 unspecified atom stereocenters. The number of pyridine rings is 1. The highest BCUT2D eigenvalue weighted by Gasteiger charge is 2.21. The van der Waals surface area contributed by atoms with Crippen molar-refractivity contribution >= 4 is 34.3 Å². The van der Waals surface area contributed by atoms with E-state index < -0.39 is 0 Å². The zero-order chi connectivity index (χ0) is 17.9. The third-order valence-electron chi connectivity index (χ3n) is 5.39. The minimum Gasteiger partial charge on any atom is -0.490 e. The van der Waals surface area contributed by atoms with Gasteiger partial charge in [0.25, 0.3) is 5.56 Å². The summed E-state index contributed by atoms with van der Waals surface area (Å²) >= 11 is 7.62. The predicted molar refractivity (Wildman–Crippen MR) is 110 cm³/mol. The molecule has 4 rings (SSSR count). The van der Waals surface area contributed by atoms with Crippen LogP contribution in [0.1, 0.15) is 30.4 Å². The Kier molecular flexibility index (Phi) is 5.77. The summed E-state index contributed by atoms with van der Waals surface area (Å²) in [6.07, 6.45) is 4.40. The summed E-state index contributed by atoms with van der Waals surface area (Å²) in [7, 11) is 0. The Morgan fingerprint density at radius 1 is 1.27 bits per heavy atom. The summed E-state index contributed by atoms with van der Waals surface area (Å²) in [6, 6.07) is 6.10. The van der Waals surface area contributed by atoms with Gasteiger partial charge in [0.15, 0.2) is 0 Å². The normalized spacial score (nSPS) is 18.8. The number of aromatic amines is 1. The van der Waals surface area contributed by atoms with E-state index >= 15 is 0 Å². The number of hydrogen-bond acceptors (Lipinski definition) is 4. The van der Waals surface area contributed by atoms with Crippen molar-refractivity contribution < 1.29 is 4.74 Å². The van der Waals surface area contributed by atoms with E-state index in [-0.39, 0.29) is 11.7 Å². The molecule has 0 spiro atoms. The van der Waals surface area contributed by atoms with Crippen molar-refractivity contribution in [1.29, 1.82) is 0 Å². The quantitative estimate of drug-likeness (QED) is 0.786. The Hall–Kier alpha value is -1.17. The van der Waals surface area contributed by atoms with Gasteiger partial charge in [-0.15, -0.1) is 11.6 Å². The number of thioether (sulfide) groups is 1. The molecule has 6 heteroatoms. The average Bonchev–Trinajstić information content (AvgIpc) is 2.68. The zero-order valence-electron chi connectivity index (χ0n) is 14.9. The van der Waals surface area contributed by atoms with Gasteiger partial charge >= 0.3 is 0 Å². The molecule has 0 radical (unpaired) electrons. The lowest BCUT2D eigenvalue weighted by atomic mass is 10.0. The number of piperidine rings is 1. The minimum atomic E-state index is 0.0673. The van der Waals surface area contributed by atoms with Crippen LogP contribution in [-0.4, -0.2) is 47.3 Å². The summed E-state index contributed by atoms with van der Waals surface area (Å²) in [4.78, 5) is 17.8. The van der Waals surface area contributed by atoms with E-state index in [9.17, 15) is 4.79 Å². The molecular weight excluding hydrogens is 368 g/mol. The van der Waals surface area contributed by atoms with E-state index in [0.29, 0.717) is 0 Å². The zero-order valence-corrected chi connectivity index (χ0v) is 16.5. The van der Waals surface area contributed by atoms with Crippen LogP contribution in [0.4, 0.5) is 0 Å². The van der Waals surface area contributed by atoms with Crippen LogP contribution in [0.2, 0.25) is 0 Å². The van der Waals surface area contributed by atoms with Crippen LogP contribution in [0.3, 0.4) is 0 Å². The van der Waals surface area contributed by atoms with E-state index in [4.69, 9.17) is 16.3 Å². The van der Waals surface area contributed by atoms with Crippen molar-refractivity contribution in [3.63, 3.8) is 0 Å². The number of nitrogens with zero attached hydrogens (tertiary/aromatic N) is 1. The summed E-state index contributed by atoms with van der Waals surface area (Å²) in [5, 5.41) is 1.15. The first-order valence-corrected chi connectivity index (χ1v) is 11.1. The molecule has 2 aliphatic rings. The third-order valence-corrected chi connectivity index (χ3v) is 6.64. The Morgan fingerprint density at radius 2 is 2.12 bits per heavy atom. The summed E-state index contributed by atoms with van der Waals surface area (Å²) in [6.45, 7) is 3.24. The molecule has 26 heavy (non-hydrogen) atoms. The van der Waals surface area contributed by atoms with Crippen LogP contribution >= 0.6 is 23.4 Å². The number of aryl methyl sites for hydroxylation is 1. The van der Waals surface area contributed by atoms with Crippen molar-refractivity contribution in [2.45, 2.75) is 37.5 Å². The van der Waals surface area contributed by atoms with E-state index in [0.717, 1.165) is 84.9 Å². The highest BCUT2D eigenvalue weighted by molar-refractivity contribution is 7.98. The second-order valence-electron chi connectivity index (χ2n) is 7.12. The van der Waals surface area contributed by atoms with Gasteiger partial charge in [-0.1, -0.05) is 0 Å². The predicted octanol–water partition coefficient (Wildman–Crippen LogP) is 3.79. The first kappa shape index (κ1) is 18.2. The molecule has 0 amide bonds. The first-order valence-electron chi connectivity index (χ1n) is 9.45. The molecule has 140 valence electrons. The lowest BCUT2D eigenvalue weighted by Crippen LogP contribution is -2.38. The number of rotatable bonds is 5. The van der Waals surface area contributed by atoms with E-state index in [2.05, 4.69) is 16.0 Å². The number of alkyl halides is 1. The molecule has 0 bridgehead atoms. The van der Waals surface area contributed by atoms with Gasteiger partial charge in [0.1, 0.15) is 11.9 Å². The van der Waals surface area contributed by atoms with Gasteiger partial charge in [-0.3, -0.25) is 4.79 Å². The molecule has 4 nitrogen and oxygen atoms in total. The number of halogens is 1. The van der Waals surface area contributed by atoms with Crippen LogP contribution in [0, 0.1) is 0 Å². The fourth-order valence-corrected chi connectivity index (χ4v) is 5.09. The molecule has 0 atom stereocenters. The monoisotopic (exact) mass is 392 g/mol. The Balaban J connectivity index is 1.50. The van der Waals surface area contributed by atoms with Gasteiger partial charge < -0.3 is 14.6 Å². The van der Waals surface area contributed by atoms with Gasteiger partial charge in [-0.2, -0.15) is 11.8 Å². The number of likely N-dealkylation sites (tertiary alicyclic amines) is 1. The van der Waals surface area contributed by atoms with Crippen LogP contribution < -0.4 is 10.3 Å². The Labute approximate surface area is 163 Å². The Morgan fingerprint density at radius 3 is 2.92 bits per heavy atom.